The molecule has 0 atom stereocenters. The molecule has 0 saturated heterocycles. The summed E-state index contributed by atoms with van der Waals surface area (Å²) in [6, 6.07) is 8.57. The zero-order chi connectivity index (χ0) is 22.9. The predicted octanol–water partition coefficient (Wildman–Crippen LogP) is 7.64. The van der Waals surface area contributed by atoms with E-state index in [4.69, 9.17) is 4.74 Å². The summed E-state index contributed by atoms with van der Waals surface area (Å²) in [4.78, 5) is 1.29. The van der Waals surface area contributed by atoms with Gasteiger partial charge in [-0.3, -0.25) is 0 Å². The second-order valence-electron chi connectivity index (χ2n) is 6.27. The van der Waals surface area contributed by atoms with Crippen LogP contribution in [0.15, 0.2) is 40.8 Å². The first-order valence-electron chi connectivity index (χ1n) is 11.1. The molecule has 5 heteroatoms. The average Bonchev–Trinajstić information content (AvgIpc) is 3.72. The van der Waals surface area contributed by atoms with Gasteiger partial charge in [-0.2, -0.15) is 11.5 Å². The van der Waals surface area contributed by atoms with Gasteiger partial charge in [0.15, 0.2) is 6.54 Å². The fourth-order valence-electron chi connectivity index (χ4n) is 2.05. The standard InChI is InChI=1S/C17H21NO2S.3C2H6.C2H5.W/c1-13-3-5-14(6-4-13)21-10-9-18-11-15(18)16(19)20-12-17(2)7-8-17;4*1-2;/h3-6,11H,7-10,12H2,1-2H3;3*1-2H3;1H2,2H3;/q;;;;-1;/p+1. The topological polar surface area (TPSA) is 32.5 Å². The van der Waals surface area contributed by atoms with Crippen LogP contribution < -0.4 is 0 Å². The van der Waals surface area contributed by atoms with Crippen molar-refractivity contribution in [3.63, 3.8) is 0 Å². The zero-order valence-electron chi connectivity index (χ0n) is 20.7. The smallest absolute Gasteiger partial charge is 0.359 e. The molecular weight excluding hydrogens is 562 g/mol. The average molecular weight is 608 g/mol. The third-order valence-corrected chi connectivity index (χ3v) is 5.01. The molecule has 3 rings (SSSR count). The Bertz CT molecular complexity index is 594. The third-order valence-electron chi connectivity index (χ3n) is 4.02. The van der Waals surface area contributed by atoms with E-state index in [9.17, 15) is 5.11 Å². The van der Waals surface area contributed by atoms with E-state index in [-0.39, 0.29) is 27.0 Å². The van der Waals surface area contributed by atoms with Crippen molar-refractivity contribution < 1.29 is 35.5 Å². The van der Waals surface area contributed by atoms with Crippen molar-refractivity contribution in [3.8, 4) is 0 Å². The van der Waals surface area contributed by atoms with Crippen LogP contribution in [0.25, 0.3) is 0 Å². The van der Waals surface area contributed by atoms with Crippen molar-refractivity contribution in [1.29, 1.82) is 0 Å². The number of rotatable bonds is 7. The van der Waals surface area contributed by atoms with Crippen LogP contribution in [-0.4, -0.2) is 34.8 Å². The van der Waals surface area contributed by atoms with Gasteiger partial charge in [-0.1, -0.05) is 66.2 Å². The molecule has 1 saturated carbocycles. The van der Waals surface area contributed by atoms with Gasteiger partial charge >= 0.3 is 11.6 Å². The molecule has 1 aromatic carbocycles. The van der Waals surface area contributed by atoms with Crippen LogP contribution in [0.3, 0.4) is 0 Å². The molecular formula is C25H45NO2SW. The molecule has 0 aromatic heterocycles. The minimum Gasteiger partial charge on any atom is -0.476 e. The first-order valence-corrected chi connectivity index (χ1v) is 12.1. The molecule has 1 aliphatic carbocycles. The summed E-state index contributed by atoms with van der Waals surface area (Å²) in [6.45, 7) is 22.8. The molecule has 1 N–H and O–H groups in total. The quantitative estimate of drug-likeness (QED) is 0.150. The number of nitrogens with zero attached hydrogens (tertiary/aromatic N) is 1. The van der Waals surface area contributed by atoms with Gasteiger partial charge in [0, 0.05) is 31.4 Å². The third kappa shape index (κ3) is 14.3. The number of allylic oxidation sites excluding steroid dienone is 1. The Hall–Kier alpha value is -0.732. The molecule has 2 aliphatic rings. The maximum atomic E-state index is 9.88. The largest absolute Gasteiger partial charge is 0.476 e. The first-order chi connectivity index (χ1) is 14.1. The Morgan fingerprint density at radius 3 is 2.03 bits per heavy atom. The number of aliphatic hydroxyl groups excluding tert-OH is 1. The summed E-state index contributed by atoms with van der Waals surface area (Å²) < 4.78 is 7.50. The maximum absolute atomic E-state index is 9.88. The van der Waals surface area contributed by atoms with Crippen molar-refractivity contribution in [1.82, 2.24) is 0 Å². The van der Waals surface area contributed by atoms with Crippen molar-refractivity contribution >= 4 is 18.0 Å². The fourth-order valence-corrected chi connectivity index (χ4v) is 2.90. The number of hydrogen-bond donors (Lipinski definition) is 1. The number of hydrogen-bond acceptors (Lipinski definition) is 3. The van der Waals surface area contributed by atoms with E-state index in [0.717, 1.165) is 18.0 Å². The van der Waals surface area contributed by atoms with Gasteiger partial charge in [-0.05, 0) is 31.9 Å². The summed E-state index contributed by atoms with van der Waals surface area (Å²) >= 11 is 1.83. The number of aliphatic hydroxyl groups is 1. The maximum Gasteiger partial charge on any atom is 0.359 e. The summed E-state index contributed by atoms with van der Waals surface area (Å²) in [7, 11) is 0. The van der Waals surface area contributed by atoms with Crippen LogP contribution in [0.1, 0.15) is 73.8 Å². The van der Waals surface area contributed by atoms with Gasteiger partial charge in [0.25, 0.3) is 0 Å². The van der Waals surface area contributed by atoms with E-state index in [0.29, 0.717) is 12.0 Å². The van der Waals surface area contributed by atoms with E-state index in [1.807, 2.05) is 64.1 Å². The van der Waals surface area contributed by atoms with E-state index in [2.05, 4.69) is 45.0 Å². The molecule has 0 amide bonds. The molecule has 1 aromatic rings. The molecule has 0 radical (unpaired) electrons. The number of aryl methyl sites for hydroxylation is 1. The fraction of sp³-hybridized carbons (Fsp3) is 0.600. The van der Waals surface area contributed by atoms with E-state index < -0.39 is 0 Å². The molecule has 1 fully saturated rings. The van der Waals surface area contributed by atoms with Gasteiger partial charge in [-0.15, -0.1) is 11.8 Å². The Labute approximate surface area is 205 Å². The van der Waals surface area contributed by atoms with Crippen LogP contribution in [0, 0.1) is 19.3 Å². The molecule has 0 unspecified atom stereocenters. The van der Waals surface area contributed by atoms with Gasteiger partial charge in [0.1, 0.15) is 0 Å². The summed E-state index contributed by atoms with van der Waals surface area (Å²) in [5, 5.41) is 9.88. The molecule has 3 nitrogen and oxygen atoms in total. The molecule has 0 bridgehead atoms. The normalized spacial score (nSPS) is 15.3. The molecule has 174 valence electrons. The Kier molecular flexibility index (Phi) is 22.8. The monoisotopic (exact) mass is 607 g/mol. The van der Waals surface area contributed by atoms with Crippen molar-refractivity contribution in [2.45, 2.75) is 80.1 Å². The summed E-state index contributed by atoms with van der Waals surface area (Å²) in [5.74, 6) is 1.08. The number of ether oxygens (including phenoxy) is 1. The first kappa shape index (κ1) is 33.9. The molecule has 1 aliphatic heterocycles. The SMILES string of the molecule is CC.CC.CC.Cc1ccc(SCC[N+]2=CC/2=C(\O)OCC2(C)CC2)cc1.[CH2-]C.[W]. The minimum atomic E-state index is 0. The summed E-state index contributed by atoms with van der Waals surface area (Å²) in [5.41, 5.74) is 2.43. The Morgan fingerprint density at radius 2 is 1.57 bits per heavy atom. The van der Waals surface area contributed by atoms with Crippen molar-refractivity contribution in [2.75, 3.05) is 18.9 Å². The summed E-state index contributed by atoms with van der Waals surface area (Å²) in [6.07, 6.45) is 4.35. The number of benzene rings is 1. The van der Waals surface area contributed by atoms with Crippen molar-refractivity contribution in [3.05, 3.63) is 48.4 Å². The van der Waals surface area contributed by atoms with Crippen LogP contribution >= 0.6 is 11.8 Å². The zero-order valence-corrected chi connectivity index (χ0v) is 24.5. The minimum absolute atomic E-state index is 0. The van der Waals surface area contributed by atoms with Gasteiger partial charge < -0.3 is 16.8 Å². The van der Waals surface area contributed by atoms with E-state index in [1.54, 1.807) is 6.92 Å². The molecule has 30 heavy (non-hydrogen) atoms. The van der Waals surface area contributed by atoms with Crippen LogP contribution in [0.4, 0.5) is 0 Å². The van der Waals surface area contributed by atoms with Gasteiger partial charge in [0.05, 0.1) is 12.4 Å². The Morgan fingerprint density at radius 1 is 1.07 bits per heavy atom. The van der Waals surface area contributed by atoms with E-state index in [1.165, 1.54) is 23.3 Å². The predicted molar refractivity (Wildman–Crippen MR) is 131 cm³/mol. The molecule has 1 heterocycles. The van der Waals surface area contributed by atoms with Gasteiger partial charge in [-0.25, -0.2) is 0 Å². The second-order valence-corrected chi connectivity index (χ2v) is 7.44. The second kappa shape index (κ2) is 20.2. The van der Waals surface area contributed by atoms with E-state index >= 15 is 0 Å². The van der Waals surface area contributed by atoms with Crippen LogP contribution in [-0.2, 0) is 25.8 Å². The molecule has 0 spiro atoms. The van der Waals surface area contributed by atoms with Crippen LogP contribution in [0.2, 0.25) is 0 Å². The van der Waals surface area contributed by atoms with Gasteiger partial charge in [0.2, 0.25) is 6.21 Å². The Balaban J connectivity index is -0.000000729. The number of thioether (sulfide) groups is 1. The van der Waals surface area contributed by atoms with Crippen molar-refractivity contribution in [2.24, 2.45) is 5.41 Å². The van der Waals surface area contributed by atoms with Crippen LogP contribution in [0.5, 0.6) is 0 Å².